The van der Waals surface area contributed by atoms with E-state index in [-0.39, 0.29) is 6.10 Å². The third-order valence-corrected chi connectivity index (χ3v) is 6.59. The molecule has 0 aromatic carbocycles. The van der Waals surface area contributed by atoms with Crippen LogP contribution in [-0.4, -0.2) is 42.1 Å². The van der Waals surface area contributed by atoms with Crippen molar-refractivity contribution in [1.29, 1.82) is 0 Å². The van der Waals surface area contributed by atoms with Crippen LogP contribution in [0.25, 0.3) is 0 Å². The van der Waals surface area contributed by atoms with Crippen LogP contribution in [0.5, 0.6) is 5.88 Å². The van der Waals surface area contributed by atoms with E-state index in [1.807, 2.05) is 13.0 Å². The number of thiophene rings is 1. The van der Waals surface area contributed by atoms with Crippen LogP contribution in [0.1, 0.15) is 11.3 Å². The number of aryl methyl sites for hydroxylation is 1. The van der Waals surface area contributed by atoms with Crippen molar-refractivity contribution in [3.05, 3.63) is 35.3 Å². The van der Waals surface area contributed by atoms with Crippen LogP contribution in [0.4, 0.5) is 0 Å². The predicted molar refractivity (Wildman–Crippen MR) is 78.9 cm³/mol. The van der Waals surface area contributed by atoms with Crippen molar-refractivity contribution in [2.24, 2.45) is 0 Å². The fourth-order valence-electron chi connectivity index (χ4n) is 2.21. The number of aromatic nitrogens is 2. The Kier molecular flexibility index (Phi) is 3.92. The van der Waals surface area contributed by atoms with Gasteiger partial charge in [0.25, 0.3) is 10.0 Å². The fourth-order valence-corrected chi connectivity index (χ4v) is 5.14. The molecule has 0 amide bonds. The van der Waals surface area contributed by atoms with E-state index >= 15 is 0 Å². The van der Waals surface area contributed by atoms with Gasteiger partial charge in [-0.25, -0.2) is 8.42 Å². The summed E-state index contributed by atoms with van der Waals surface area (Å²) < 4.78 is 32.5. The van der Waals surface area contributed by atoms with Crippen molar-refractivity contribution in [1.82, 2.24) is 14.5 Å². The molecular formula is C13H15N3O3S2. The zero-order chi connectivity index (χ0) is 14.9. The summed E-state index contributed by atoms with van der Waals surface area (Å²) in [6.07, 6.45) is 2.04. The molecule has 0 unspecified atom stereocenters. The fraction of sp³-hybridized carbons (Fsp3) is 0.385. The van der Waals surface area contributed by atoms with E-state index < -0.39 is 10.0 Å². The standard InChI is InChI=1S/C13H15N3O3S2/c1-10-4-5-13(20-10)21(17,18)16-8-6-11(9-16)19-12-3-2-7-14-15-12/h2-5,7,11H,6,8-9H2,1H3/t11-/m0/s1. The molecule has 1 aliphatic heterocycles. The Labute approximate surface area is 127 Å². The summed E-state index contributed by atoms with van der Waals surface area (Å²) >= 11 is 1.29. The molecule has 0 aliphatic carbocycles. The van der Waals surface area contributed by atoms with Gasteiger partial charge in [0.1, 0.15) is 10.3 Å². The van der Waals surface area contributed by atoms with Gasteiger partial charge in [0, 0.05) is 23.7 Å². The van der Waals surface area contributed by atoms with E-state index in [9.17, 15) is 8.42 Å². The van der Waals surface area contributed by atoms with Gasteiger partial charge in [-0.05, 0) is 31.5 Å². The molecule has 2 aromatic rings. The average molecular weight is 325 g/mol. The summed E-state index contributed by atoms with van der Waals surface area (Å²) in [4.78, 5) is 0.986. The average Bonchev–Trinajstić information content (AvgIpc) is 3.10. The summed E-state index contributed by atoms with van der Waals surface area (Å²) in [5, 5.41) is 7.59. The Morgan fingerprint density at radius 2 is 2.24 bits per heavy atom. The van der Waals surface area contributed by atoms with Crippen molar-refractivity contribution >= 4 is 21.4 Å². The lowest BCUT2D eigenvalue weighted by Gasteiger charge is -2.15. The molecule has 0 radical (unpaired) electrons. The first-order valence-corrected chi connectivity index (χ1v) is 8.82. The molecule has 8 heteroatoms. The van der Waals surface area contributed by atoms with Gasteiger partial charge in [0.15, 0.2) is 0 Å². The Balaban J connectivity index is 1.69. The first kappa shape index (κ1) is 14.4. The van der Waals surface area contributed by atoms with Crippen molar-refractivity contribution in [2.75, 3.05) is 13.1 Å². The van der Waals surface area contributed by atoms with Crippen molar-refractivity contribution in [2.45, 2.75) is 23.7 Å². The van der Waals surface area contributed by atoms with Gasteiger partial charge >= 0.3 is 0 Å². The van der Waals surface area contributed by atoms with Crippen LogP contribution >= 0.6 is 11.3 Å². The van der Waals surface area contributed by atoms with Crippen LogP contribution in [-0.2, 0) is 10.0 Å². The van der Waals surface area contributed by atoms with Crippen molar-refractivity contribution in [3.8, 4) is 5.88 Å². The van der Waals surface area contributed by atoms with Gasteiger partial charge in [-0.2, -0.15) is 9.40 Å². The maximum Gasteiger partial charge on any atom is 0.252 e. The Hall–Kier alpha value is -1.51. The van der Waals surface area contributed by atoms with E-state index in [0.717, 1.165) is 4.88 Å². The highest BCUT2D eigenvalue weighted by atomic mass is 32.2. The number of ether oxygens (including phenoxy) is 1. The summed E-state index contributed by atoms with van der Waals surface area (Å²) in [6.45, 7) is 2.70. The van der Waals surface area contributed by atoms with Gasteiger partial charge in [-0.1, -0.05) is 0 Å². The SMILES string of the molecule is Cc1ccc(S(=O)(=O)N2CC[C@H](Oc3cccnn3)C2)s1. The number of sulfonamides is 1. The Morgan fingerprint density at radius 3 is 2.90 bits per heavy atom. The van der Waals surface area contributed by atoms with E-state index in [0.29, 0.717) is 29.6 Å². The second-order valence-corrected chi connectivity index (χ2v) is 8.27. The minimum Gasteiger partial charge on any atom is -0.472 e. The minimum atomic E-state index is -3.41. The molecule has 21 heavy (non-hydrogen) atoms. The summed E-state index contributed by atoms with van der Waals surface area (Å²) in [5.74, 6) is 0.425. The van der Waals surface area contributed by atoms with Crippen LogP contribution < -0.4 is 4.74 Å². The topological polar surface area (TPSA) is 72.4 Å². The van der Waals surface area contributed by atoms with Gasteiger partial charge in [0.05, 0.1) is 6.54 Å². The molecule has 0 N–H and O–H groups in total. The lowest BCUT2D eigenvalue weighted by Crippen LogP contribution is -2.30. The van der Waals surface area contributed by atoms with Gasteiger partial charge in [-0.15, -0.1) is 16.4 Å². The second kappa shape index (κ2) is 5.70. The quantitative estimate of drug-likeness (QED) is 0.855. The Bertz CT molecular complexity index is 715. The molecule has 1 atom stereocenters. The molecule has 0 bridgehead atoms. The third kappa shape index (κ3) is 3.07. The summed E-state index contributed by atoms with van der Waals surface area (Å²) in [7, 11) is -3.41. The number of hydrogen-bond donors (Lipinski definition) is 0. The van der Waals surface area contributed by atoms with E-state index in [4.69, 9.17) is 4.74 Å². The molecule has 3 heterocycles. The predicted octanol–water partition coefficient (Wildman–Crippen LogP) is 1.69. The second-order valence-electron chi connectivity index (χ2n) is 4.82. The zero-order valence-corrected chi connectivity index (χ0v) is 13.1. The lowest BCUT2D eigenvalue weighted by molar-refractivity contribution is 0.204. The third-order valence-electron chi connectivity index (χ3n) is 3.25. The largest absolute Gasteiger partial charge is 0.472 e. The molecule has 112 valence electrons. The maximum absolute atomic E-state index is 12.5. The van der Waals surface area contributed by atoms with Crippen LogP contribution in [0.15, 0.2) is 34.7 Å². The lowest BCUT2D eigenvalue weighted by atomic mass is 10.3. The summed E-state index contributed by atoms with van der Waals surface area (Å²) in [5.41, 5.74) is 0. The van der Waals surface area contributed by atoms with E-state index in [1.165, 1.54) is 15.6 Å². The highest BCUT2D eigenvalue weighted by Gasteiger charge is 2.34. The van der Waals surface area contributed by atoms with Gasteiger partial charge < -0.3 is 4.74 Å². The zero-order valence-electron chi connectivity index (χ0n) is 11.5. The minimum absolute atomic E-state index is 0.183. The Morgan fingerprint density at radius 1 is 1.38 bits per heavy atom. The highest BCUT2D eigenvalue weighted by Crippen LogP contribution is 2.27. The maximum atomic E-state index is 12.5. The molecule has 6 nitrogen and oxygen atoms in total. The van der Waals surface area contributed by atoms with Gasteiger partial charge in [0.2, 0.25) is 5.88 Å². The van der Waals surface area contributed by atoms with Gasteiger partial charge in [-0.3, -0.25) is 0 Å². The molecule has 1 fully saturated rings. The molecule has 3 rings (SSSR count). The molecule has 1 saturated heterocycles. The summed E-state index contributed by atoms with van der Waals surface area (Å²) in [6, 6.07) is 6.93. The monoisotopic (exact) mass is 325 g/mol. The molecular weight excluding hydrogens is 310 g/mol. The van der Waals surface area contributed by atoms with E-state index in [2.05, 4.69) is 10.2 Å². The van der Waals surface area contributed by atoms with Crippen molar-refractivity contribution < 1.29 is 13.2 Å². The smallest absolute Gasteiger partial charge is 0.252 e. The first-order chi connectivity index (χ1) is 10.1. The molecule has 0 spiro atoms. The van der Waals surface area contributed by atoms with E-state index in [1.54, 1.807) is 24.4 Å². The molecule has 2 aromatic heterocycles. The molecule has 1 aliphatic rings. The van der Waals surface area contributed by atoms with Crippen LogP contribution in [0.2, 0.25) is 0 Å². The normalized spacial score (nSPS) is 19.8. The number of nitrogens with zero attached hydrogens (tertiary/aromatic N) is 3. The highest BCUT2D eigenvalue weighted by molar-refractivity contribution is 7.91. The first-order valence-electron chi connectivity index (χ1n) is 6.56. The van der Waals surface area contributed by atoms with Crippen molar-refractivity contribution in [3.63, 3.8) is 0 Å². The van der Waals surface area contributed by atoms with Crippen LogP contribution in [0.3, 0.4) is 0 Å². The molecule has 0 saturated carbocycles. The number of rotatable bonds is 4. The number of hydrogen-bond acceptors (Lipinski definition) is 6. The van der Waals surface area contributed by atoms with Crippen LogP contribution in [0, 0.1) is 6.92 Å².